The van der Waals surface area contributed by atoms with E-state index in [4.69, 9.17) is 9.26 Å². The van der Waals surface area contributed by atoms with E-state index in [9.17, 15) is 9.59 Å². The van der Waals surface area contributed by atoms with Crippen LogP contribution in [0.25, 0.3) is 0 Å². The molecule has 7 heteroatoms. The number of rotatable bonds is 5. The predicted molar refractivity (Wildman–Crippen MR) is 75.7 cm³/mol. The average molecular weight is 295 g/mol. The summed E-state index contributed by atoms with van der Waals surface area (Å²) in [5.74, 6) is 0.701. The molecule has 0 radical (unpaired) electrons. The van der Waals surface area contributed by atoms with Crippen LogP contribution in [-0.2, 0) is 14.3 Å². The van der Waals surface area contributed by atoms with E-state index in [1.807, 2.05) is 4.90 Å². The highest BCUT2D eigenvalue weighted by molar-refractivity contribution is 5.89. The van der Waals surface area contributed by atoms with Gasteiger partial charge in [-0.15, -0.1) is 0 Å². The third kappa shape index (κ3) is 4.29. The summed E-state index contributed by atoms with van der Waals surface area (Å²) in [5, 5.41) is 6.39. The molecule has 1 aliphatic rings. The third-order valence-electron chi connectivity index (χ3n) is 3.61. The van der Waals surface area contributed by atoms with Gasteiger partial charge in [-0.3, -0.25) is 14.5 Å². The lowest BCUT2D eigenvalue weighted by Gasteiger charge is -2.33. The Morgan fingerprint density at radius 3 is 3.00 bits per heavy atom. The number of amides is 1. The van der Waals surface area contributed by atoms with Crippen molar-refractivity contribution in [3.63, 3.8) is 0 Å². The van der Waals surface area contributed by atoms with E-state index in [-0.39, 0.29) is 17.9 Å². The molecule has 0 spiro atoms. The zero-order valence-electron chi connectivity index (χ0n) is 12.4. The molecular weight excluding hydrogens is 274 g/mol. The van der Waals surface area contributed by atoms with Crippen LogP contribution in [0.4, 0.5) is 5.82 Å². The van der Waals surface area contributed by atoms with Crippen molar-refractivity contribution in [1.82, 2.24) is 10.1 Å². The highest BCUT2D eigenvalue weighted by atomic mass is 16.5. The largest absolute Gasteiger partial charge is 0.468 e. The summed E-state index contributed by atoms with van der Waals surface area (Å²) in [7, 11) is 1.40. The van der Waals surface area contributed by atoms with Crippen molar-refractivity contribution in [3.8, 4) is 0 Å². The molecule has 1 saturated heterocycles. The number of piperidine rings is 1. The van der Waals surface area contributed by atoms with Crippen molar-refractivity contribution in [2.75, 3.05) is 25.5 Å². The number of methoxy groups -OCH3 is 1. The molecule has 1 atom stereocenters. The van der Waals surface area contributed by atoms with Gasteiger partial charge < -0.3 is 14.6 Å². The van der Waals surface area contributed by atoms with Crippen molar-refractivity contribution >= 4 is 17.7 Å². The fourth-order valence-electron chi connectivity index (χ4n) is 2.54. The number of aryl methyl sites for hydroxylation is 1. The number of anilines is 1. The molecule has 1 amide bonds. The number of nitrogens with zero attached hydrogens (tertiary/aromatic N) is 2. The van der Waals surface area contributed by atoms with Crippen LogP contribution in [0.2, 0.25) is 0 Å². The summed E-state index contributed by atoms with van der Waals surface area (Å²) < 4.78 is 9.71. The van der Waals surface area contributed by atoms with E-state index in [0.717, 1.165) is 25.8 Å². The molecule has 1 aromatic rings. The maximum absolute atomic E-state index is 11.9. The highest BCUT2D eigenvalue weighted by Gasteiger charge is 2.29. The number of carbonyl (C=O) groups is 2. The number of hydrogen-bond acceptors (Lipinski definition) is 6. The first kappa shape index (κ1) is 15.5. The lowest BCUT2D eigenvalue weighted by atomic mass is 10.0. The maximum atomic E-state index is 11.9. The van der Waals surface area contributed by atoms with Gasteiger partial charge in [0.05, 0.1) is 7.11 Å². The van der Waals surface area contributed by atoms with Crippen molar-refractivity contribution in [2.45, 2.75) is 38.6 Å². The maximum Gasteiger partial charge on any atom is 0.323 e. The Balaban J connectivity index is 1.82. The van der Waals surface area contributed by atoms with E-state index in [0.29, 0.717) is 24.5 Å². The van der Waals surface area contributed by atoms with Crippen LogP contribution in [0.3, 0.4) is 0 Å². The van der Waals surface area contributed by atoms with Crippen molar-refractivity contribution < 1.29 is 18.8 Å². The van der Waals surface area contributed by atoms with E-state index in [2.05, 4.69) is 10.5 Å². The molecule has 2 rings (SSSR count). The molecule has 2 heterocycles. The number of nitrogens with one attached hydrogen (secondary N) is 1. The van der Waals surface area contributed by atoms with Crippen LogP contribution in [0.15, 0.2) is 10.6 Å². The van der Waals surface area contributed by atoms with E-state index >= 15 is 0 Å². The molecular formula is C14H21N3O4. The van der Waals surface area contributed by atoms with Crippen molar-refractivity contribution in [3.05, 3.63) is 11.8 Å². The second kappa shape index (κ2) is 7.21. The van der Waals surface area contributed by atoms with Crippen LogP contribution in [0.1, 0.15) is 31.4 Å². The minimum atomic E-state index is -0.231. The highest BCUT2D eigenvalue weighted by Crippen LogP contribution is 2.18. The monoisotopic (exact) mass is 295 g/mol. The fraction of sp³-hybridized carbons (Fsp3) is 0.643. The standard InChI is InChI=1S/C14H21N3O4/c1-10-9-12(16-21-10)15-13(18)6-8-17-7-4-3-5-11(17)14(19)20-2/h9,11H,3-8H2,1-2H3,(H,15,16,18). The SMILES string of the molecule is COC(=O)C1CCCCN1CCC(=O)Nc1cc(C)on1. The van der Waals surface area contributed by atoms with Gasteiger partial charge in [0.1, 0.15) is 11.8 Å². The molecule has 1 aromatic heterocycles. The smallest absolute Gasteiger partial charge is 0.323 e. The zero-order chi connectivity index (χ0) is 15.2. The second-order valence-corrected chi connectivity index (χ2v) is 5.19. The molecule has 0 aliphatic carbocycles. The normalized spacial score (nSPS) is 19.2. The van der Waals surface area contributed by atoms with Gasteiger partial charge in [-0.2, -0.15) is 0 Å². The van der Waals surface area contributed by atoms with Crippen molar-refractivity contribution in [1.29, 1.82) is 0 Å². The molecule has 21 heavy (non-hydrogen) atoms. The Morgan fingerprint density at radius 1 is 1.52 bits per heavy atom. The lowest BCUT2D eigenvalue weighted by molar-refractivity contribution is -0.148. The molecule has 1 fully saturated rings. The summed E-state index contributed by atoms with van der Waals surface area (Å²) in [6.07, 6.45) is 3.15. The van der Waals surface area contributed by atoms with Gasteiger partial charge in [0, 0.05) is 19.0 Å². The van der Waals surface area contributed by atoms with Crippen LogP contribution in [0, 0.1) is 6.92 Å². The molecule has 0 aromatic carbocycles. The van der Waals surface area contributed by atoms with Crippen LogP contribution >= 0.6 is 0 Å². The van der Waals surface area contributed by atoms with E-state index < -0.39 is 0 Å². The molecule has 116 valence electrons. The average Bonchev–Trinajstić information content (AvgIpc) is 2.89. The molecule has 1 N–H and O–H groups in total. The van der Waals surface area contributed by atoms with Gasteiger partial charge in [0.2, 0.25) is 5.91 Å². The van der Waals surface area contributed by atoms with Gasteiger partial charge in [0.25, 0.3) is 0 Å². The Kier molecular flexibility index (Phi) is 5.32. The Labute approximate surface area is 123 Å². The lowest BCUT2D eigenvalue weighted by Crippen LogP contribution is -2.46. The third-order valence-corrected chi connectivity index (χ3v) is 3.61. The second-order valence-electron chi connectivity index (χ2n) is 5.19. The fourth-order valence-corrected chi connectivity index (χ4v) is 2.54. The van der Waals surface area contributed by atoms with E-state index in [1.165, 1.54) is 7.11 Å². The summed E-state index contributed by atoms with van der Waals surface area (Å²) in [5.41, 5.74) is 0. The number of esters is 1. The number of ether oxygens (including phenoxy) is 1. The molecule has 1 aliphatic heterocycles. The van der Waals surface area contributed by atoms with Gasteiger partial charge in [0.15, 0.2) is 5.82 Å². The summed E-state index contributed by atoms with van der Waals surface area (Å²) in [4.78, 5) is 25.6. The number of carbonyl (C=O) groups excluding carboxylic acids is 2. The zero-order valence-corrected chi connectivity index (χ0v) is 12.4. The Morgan fingerprint density at radius 2 is 2.33 bits per heavy atom. The summed E-state index contributed by atoms with van der Waals surface area (Å²) >= 11 is 0. The molecule has 7 nitrogen and oxygen atoms in total. The number of hydrogen-bond donors (Lipinski definition) is 1. The first-order valence-electron chi connectivity index (χ1n) is 7.15. The number of aromatic nitrogens is 1. The topological polar surface area (TPSA) is 84.7 Å². The predicted octanol–water partition coefficient (Wildman–Crippen LogP) is 1.34. The van der Waals surface area contributed by atoms with Gasteiger partial charge in [-0.05, 0) is 26.3 Å². The molecule has 0 bridgehead atoms. The van der Waals surface area contributed by atoms with Crippen LogP contribution < -0.4 is 5.32 Å². The minimum absolute atomic E-state index is 0.141. The van der Waals surface area contributed by atoms with Gasteiger partial charge >= 0.3 is 5.97 Å². The quantitative estimate of drug-likeness (QED) is 0.825. The van der Waals surface area contributed by atoms with E-state index in [1.54, 1.807) is 13.0 Å². The minimum Gasteiger partial charge on any atom is -0.468 e. The first-order valence-corrected chi connectivity index (χ1v) is 7.15. The van der Waals surface area contributed by atoms with Gasteiger partial charge in [-0.25, -0.2) is 0 Å². The Hall–Kier alpha value is -1.89. The van der Waals surface area contributed by atoms with Crippen LogP contribution in [0.5, 0.6) is 0 Å². The van der Waals surface area contributed by atoms with Crippen molar-refractivity contribution in [2.24, 2.45) is 0 Å². The summed E-state index contributed by atoms with van der Waals surface area (Å²) in [6, 6.07) is 1.43. The molecule has 0 saturated carbocycles. The molecule has 1 unspecified atom stereocenters. The number of likely N-dealkylation sites (tertiary alicyclic amines) is 1. The first-order chi connectivity index (χ1) is 10.1. The Bertz CT molecular complexity index is 500. The van der Waals surface area contributed by atoms with Gasteiger partial charge in [-0.1, -0.05) is 11.6 Å². The van der Waals surface area contributed by atoms with Crippen LogP contribution in [-0.4, -0.2) is 48.2 Å². The summed E-state index contributed by atoms with van der Waals surface area (Å²) in [6.45, 7) is 3.11.